The lowest BCUT2D eigenvalue weighted by atomic mass is 10.2. The van der Waals surface area contributed by atoms with E-state index in [9.17, 15) is 10.1 Å². The molecule has 17 heavy (non-hydrogen) atoms. The molecule has 0 saturated heterocycles. The summed E-state index contributed by atoms with van der Waals surface area (Å²) in [5.41, 5.74) is -0.0338. The second-order valence-corrected chi connectivity index (χ2v) is 3.65. The zero-order valence-corrected chi connectivity index (χ0v) is 9.29. The van der Waals surface area contributed by atoms with Crippen LogP contribution >= 0.6 is 0 Å². The van der Waals surface area contributed by atoms with Gasteiger partial charge < -0.3 is 9.84 Å². The van der Waals surface area contributed by atoms with E-state index in [1.807, 2.05) is 6.07 Å². The molecule has 0 saturated carbocycles. The molecule has 1 aromatic rings. The Balaban J connectivity index is 2.92. The van der Waals surface area contributed by atoms with Crippen molar-refractivity contribution >= 4 is 5.69 Å². The van der Waals surface area contributed by atoms with E-state index in [0.29, 0.717) is 0 Å². The Hall–Kier alpha value is -2.13. The standard InChI is InChI=1S/C11H12N2O4/c1-8(6-14)7-17-11-3-2-9(5-12)4-10(11)13(15)16/h2-4,8,14H,6-7H2,1H3. The summed E-state index contributed by atoms with van der Waals surface area (Å²) in [6.45, 7) is 1.89. The van der Waals surface area contributed by atoms with E-state index in [4.69, 9.17) is 15.1 Å². The molecular formula is C11H12N2O4. The van der Waals surface area contributed by atoms with Crippen molar-refractivity contribution in [3.05, 3.63) is 33.9 Å². The first kappa shape index (κ1) is 12.9. The van der Waals surface area contributed by atoms with Gasteiger partial charge in [0.25, 0.3) is 0 Å². The van der Waals surface area contributed by atoms with E-state index < -0.39 is 4.92 Å². The van der Waals surface area contributed by atoms with Gasteiger partial charge in [-0.05, 0) is 12.1 Å². The van der Waals surface area contributed by atoms with Crippen LogP contribution in [0.3, 0.4) is 0 Å². The number of nitro benzene ring substituents is 1. The number of ether oxygens (including phenoxy) is 1. The van der Waals surface area contributed by atoms with Gasteiger partial charge in [0.2, 0.25) is 0 Å². The molecule has 0 spiro atoms. The Kier molecular flexibility index (Phi) is 4.43. The maximum atomic E-state index is 10.8. The highest BCUT2D eigenvalue weighted by molar-refractivity contribution is 5.51. The van der Waals surface area contributed by atoms with Crippen LogP contribution in [0.1, 0.15) is 12.5 Å². The summed E-state index contributed by atoms with van der Waals surface area (Å²) in [6, 6.07) is 5.83. The van der Waals surface area contributed by atoms with Crippen molar-refractivity contribution in [2.75, 3.05) is 13.2 Å². The summed E-state index contributed by atoms with van der Waals surface area (Å²) in [5, 5.41) is 28.2. The third kappa shape index (κ3) is 3.43. The Morgan fingerprint density at radius 2 is 2.35 bits per heavy atom. The Morgan fingerprint density at radius 3 is 2.88 bits per heavy atom. The first-order chi connectivity index (χ1) is 8.08. The van der Waals surface area contributed by atoms with Crippen molar-refractivity contribution in [3.8, 4) is 11.8 Å². The van der Waals surface area contributed by atoms with Gasteiger partial charge in [-0.25, -0.2) is 0 Å². The molecule has 0 radical (unpaired) electrons. The van der Waals surface area contributed by atoms with Crippen LogP contribution in [0.4, 0.5) is 5.69 Å². The zero-order chi connectivity index (χ0) is 12.8. The Labute approximate surface area is 98.2 Å². The predicted octanol–water partition coefficient (Wildman–Crippen LogP) is 1.47. The van der Waals surface area contributed by atoms with Crippen LogP contribution in [0.15, 0.2) is 18.2 Å². The molecule has 6 heteroatoms. The molecule has 0 aliphatic rings. The molecule has 1 unspecified atom stereocenters. The number of nitrogens with zero attached hydrogens (tertiary/aromatic N) is 2. The molecule has 0 heterocycles. The molecule has 1 N–H and O–H groups in total. The van der Waals surface area contributed by atoms with Crippen molar-refractivity contribution < 1.29 is 14.8 Å². The number of rotatable bonds is 5. The number of hydrogen-bond acceptors (Lipinski definition) is 5. The average Bonchev–Trinajstić information content (AvgIpc) is 2.35. The Morgan fingerprint density at radius 1 is 1.65 bits per heavy atom. The maximum absolute atomic E-state index is 10.8. The summed E-state index contributed by atoms with van der Waals surface area (Å²) < 4.78 is 5.24. The topological polar surface area (TPSA) is 96.4 Å². The summed E-state index contributed by atoms with van der Waals surface area (Å²) in [6.07, 6.45) is 0. The highest BCUT2D eigenvalue weighted by Crippen LogP contribution is 2.28. The van der Waals surface area contributed by atoms with Crippen LogP contribution in [0.2, 0.25) is 0 Å². The quantitative estimate of drug-likeness (QED) is 0.616. The minimum Gasteiger partial charge on any atom is -0.486 e. The maximum Gasteiger partial charge on any atom is 0.312 e. The van der Waals surface area contributed by atoms with E-state index in [1.165, 1.54) is 18.2 Å². The minimum absolute atomic E-state index is 0.0515. The fraction of sp³-hybridized carbons (Fsp3) is 0.364. The van der Waals surface area contributed by atoms with Crippen LogP contribution in [0.5, 0.6) is 5.75 Å². The average molecular weight is 236 g/mol. The van der Waals surface area contributed by atoms with E-state index in [1.54, 1.807) is 6.92 Å². The third-order valence-corrected chi connectivity index (χ3v) is 2.12. The van der Waals surface area contributed by atoms with Crippen molar-refractivity contribution in [1.82, 2.24) is 0 Å². The fourth-order valence-corrected chi connectivity index (χ4v) is 1.14. The molecule has 90 valence electrons. The van der Waals surface area contributed by atoms with Crippen LogP contribution in [-0.4, -0.2) is 23.2 Å². The second-order valence-electron chi connectivity index (χ2n) is 3.65. The van der Waals surface area contributed by atoms with Gasteiger partial charge in [0, 0.05) is 18.6 Å². The highest BCUT2D eigenvalue weighted by Gasteiger charge is 2.16. The molecule has 1 atom stereocenters. The van der Waals surface area contributed by atoms with Gasteiger partial charge in [-0.2, -0.15) is 5.26 Å². The van der Waals surface area contributed by atoms with Crippen LogP contribution in [0, 0.1) is 27.4 Å². The van der Waals surface area contributed by atoms with E-state index >= 15 is 0 Å². The number of nitriles is 1. The summed E-state index contributed by atoms with van der Waals surface area (Å²) in [4.78, 5) is 10.2. The molecule has 1 rings (SSSR count). The lowest BCUT2D eigenvalue weighted by molar-refractivity contribution is -0.385. The molecule has 0 fully saturated rings. The van der Waals surface area contributed by atoms with Gasteiger partial charge in [-0.15, -0.1) is 0 Å². The van der Waals surface area contributed by atoms with Gasteiger partial charge >= 0.3 is 5.69 Å². The van der Waals surface area contributed by atoms with Crippen LogP contribution in [0.25, 0.3) is 0 Å². The lowest BCUT2D eigenvalue weighted by Crippen LogP contribution is -2.12. The van der Waals surface area contributed by atoms with Gasteiger partial charge in [0.1, 0.15) is 0 Å². The second kappa shape index (κ2) is 5.82. The largest absolute Gasteiger partial charge is 0.486 e. The third-order valence-electron chi connectivity index (χ3n) is 2.12. The van der Waals surface area contributed by atoms with Crippen molar-refractivity contribution in [2.45, 2.75) is 6.92 Å². The number of aliphatic hydroxyl groups excluding tert-OH is 1. The van der Waals surface area contributed by atoms with Crippen molar-refractivity contribution in [2.24, 2.45) is 5.92 Å². The molecule has 6 nitrogen and oxygen atoms in total. The normalized spacial score (nSPS) is 11.6. The summed E-state index contributed by atoms with van der Waals surface area (Å²) >= 11 is 0. The van der Waals surface area contributed by atoms with Gasteiger partial charge in [-0.1, -0.05) is 6.92 Å². The van der Waals surface area contributed by atoms with Gasteiger partial charge in [0.15, 0.2) is 5.75 Å². The Bertz CT molecular complexity index is 453. The molecule has 0 bridgehead atoms. The number of nitro groups is 1. The van der Waals surface area contributed by atoms with Crippen LogP contribution in [-0.2, 0) is 0 Å². The molecule has 0 aliphatic heterocycles. The zero-order valence-electron chi connectivity index (χ0n) is 9.29. The molecule has 0 aliphatic carbocycles. The number of benzene rings is 1. The summed E-state index contributed by atoms with van der Waals surface area (Å²) in [5.74, 6) is -0.000419. The van der Waals surface area contributed by atoms with Gasteiger partial charge in [0.05, 0.1) is 23.2 Å². The van der Waals surface area contributed by atoms with Gasteiger partial charge in [-0.3, -0.25) is 10.1 Å². The van der Waals surface area contributed by atoms with Crippen LogP contribution < -0.4 is 4.74 Å². The lowest BCUT2D eigenvalue weighted by Gasteiger charge is -2.10. The van der Waals surface area contributed by atoms with E-state index in [0.717, 1.165) is 0 Å². The molecular weight excluding hydrogens is 224 g/mol. The number of hydrogen-bond donors (Lipinski definition) is 1. The van der Waals surface area contributed by atoms with E-state index in [-0.39, 0.29) is 36.1 Å². The molecule has 0 aromatic heterocycles. The first-order valence-corrected chi connectivity index (χ1v) is 5.00. The SMILES string of the molecule is CC(CO)COc1ccc(C#N)cc1[N+](=O)[O-]. The molecule has 0 amide bonds. The number of aliphatic hydroxyl groups is 1. The highest BCUT2D eigenvalue weighted by atomic mass is 16.6. The smallest absolute Gasteiger partial charge is 0.312 e. The van der Waals surface area contributed by atoms with Crippen molar-refractivity contribution in [3.63, 3.8) is 0 Å². The monoisotopic (exact) mass is 236 g/mol. The molecule has 1 aromatic carbocycles. The first-order valence-electron chi connectivity index (χ1n) is 5.00. The summed E-state index contributed by atoms with van der Waals surface area (Å²) in [7, 11) is 0. The minimum atomic E-state index is -0.597. The van der Waals surface area contributed by atoms with E-state index in [2.05, 4.69) is 0 Å². The fourth-order valence-electron chi connectivity index (χ4n) is 1.14. The predicted molar refractivity (Wildman–Crippen MR) is 59.6 cm³/mol. The van der Waals surface area contributed by atoms with Crippen molar-refractivity contribution in [1.29, 1.82) is 5.26 Å².